The zero-order chi connectivity index (χ0) is 26.7. The second kappa shape index (κ2) is 10.5. The molecule has 0 radical (unpaired) electrons. The van der Waals surface area contributed by atoms with Crippen molar-refractivity contribution in [3.63, 3.8) is 0 Å². The minimum absolute atomic E-state index is 0.0416. The molecular formula is C26H32F3N3O4. The number of amides is 1. The summed E-state index contributed by atoms with van der Waals surface area (Å²) in [7, 11) is 1.32. The molecule has 196 valence electrons. The van der Waals surface area contributed by atoms with Gasteiger partial charge in [0.05, 0.1) is 12.5 Å². The Labute approximate surface area is 208 Å². The van der Waals surface area contributed by atoms with Crippen molar-refractivity contribution in [3.05, 3.63) is 59.4 Å². The number of allylic oxidation sites excluding steroid dienone is 1. The molecule has 2 fully saturated rings. The molecule has 1 aromatic rings. The van der Waals surface area contributed by atoms with Crippen LogP contribution in [-0.2, 0) is 15.1 Å². The fourth-order valence-corrected chi connectivity index (χ4v) is 4.94. The van der Waals surface area contributed by atoms with Crippen LogP contribution in [0.4, 0.5) is 13.2 Å². The molecule has 0 bridgehead atoms. The largest absolute Gasteiger partial charge is 0.468 e. The zero-order valence-electron chi connectivity index (χ0n) is 20.4. The number of alkyl halides is 3. The van der Waals surface area contributed by atoms with Gasteiger partial charge in [-0.1, -0.05) is 12.1 Å². The highest BCUT2D eigenvalue weighted by molar-refractivity contribution is 5.95. The Morgan fingerprint density at radius 1 is 1.17 bits per heavy atom. The number of carbonyl (C=O) groups is 2. The van der Waals surface area contributed by atoms with E-state index >= 15 is 0 Å². The lowest BCUT2D eigenvalue weighted by Crippen LogP contribution is -2.48. The number of hydrogen-bond acceptors (Lipinski definition) is 6. The van der Waals surface area contributed by atoms with Crippen LogP contribution in [0.5, 0.6) is 0 Å². The Morgan fingerprint density at radius 3 is 2.17 bits per heavy atom. The number of rotatable bonds is 8. The summed E-state index contributed by atoms with van der Waals surface area (Å²) in [6.07, 6.45) is 3.10. The summed E-state index contributed by atoms with van der Waals surface area (Å²) >= 11 is 0. The second-order valence-electron chi connectivity index (χ2n) is 9.52. The molecule has 0 saturated heterocycles. The van der Waals surface area contributed by atoms with Gasteiger partial charge in [-0.05, 0) is 87.7 Å². The van der Waals surface area contributed by atoms with Gasteiger partial charge in [-0.2, -0.15) is 13.2 Å². The van der Waals surface area contributed by atoms with Crippen LogP contribution in [-0.4, -0.2) is 54.0 Å². The van der Waals surface area contributed by atoms with Gasteiger partial charge in [-0.3, -0.25) is 14.6 Å². The van der Waals surface area contributed by atoms with Crippen LogP contribution in [0.1, 0.15) is 61.4 Å². The summed E-state index contributed by atoms with van der Waals surface area (Å²) in [5.74, 6) is -0.692. The number of carbonyl (C=O) groups excluding carboxylic acids is 2. The van der Waals surface area contributed by atoms with E-state index in [1.54, 1.807) is 11.0 Å². The summed E-state index contributed by atoms with van der Waals surface area (Å²) in [5.41, 5.74) is 2.09. The van der Waals surface area contributed by atoms with E-state index in [2.05, 4.69) is 11.7 Å². The zero-order valence-corrected chi connectivity index (χ0v) is 20.4. The number of ether oxygens (including phenoxy) is 1. The predicted octanol–water partition coefficient (Wildman–Crippen LogP) is 4.22. The minimum atomic E-state index is -4.85. The molecule has 0 aromatic heterocycles. The van der Waals surface area contributed by atoms with Crippen molar-refractivity contribution in [2.75, 3.05) is 7.11 Å². The van der Waals surface area contributed by atoms with Crippen LogP contribution >= 0.6 is 0 Å². The van der Waals surface area contributed by atoms with Gasteiger partial charge in [-0.25, -0.2) is 0 Å². The number of aliphatic imine (C=N–C) groups is 1. The van der Waals surface area contributed by atoms with Crippen LogP contribution in [0, 0.1) is 5.41 Å². The smallest absolute Gasteiger partial charge is 0.421 e. The topological polar surface area (TPSA) is 105 Å². The molecule has 1 aromatic carbocycles. The second-order valence-corrected chi connectivity index (χ2v) is 9.52. The molecule has 36 heavy (non-hydrogen) atoms. The molecule has 0 aliphatic heterocycles. The Balaban J connectivity index is 1.83. The van der Waals surface area contributed by atoms with Crippen molar-refractivity contribution >= 4 is 18.6 Å². The number of hydrogen-bond donors (Lipinski definition) is 2. The summed E-state index contributed by atoms with van der Waals surface area (Å²) in [5, 5.41) is 9.91. The first-order chi connectivity index (χ1) is 16.9. The maximum absolute atomic E-state index is 13.5. The number of aliphatic hydroxyl groups is 1. The first-order valence-corrected chi connectivity index (χ1v) is 11.8. The summed E-state index contributed by atoms with van der Waals surface area (Å²) in [6, 6.07) is 4.79. The van der Waals surface area contributed by atoms with Gasteiger partial charge in [-0.15, -0.1) is 0 Å². The Hall–Kier alpha value is -3.14. The number of esters is 1. The van der Waals surface area contributed by atoms with E-state index in [1.165, 1.54) is 31.6 Å². The number of nitrogens with two attached hydrogens (primary N) is 1. The number of nitrogens with zero attached hydrogens (tertiary/aromatic N) is 2. The van der Waals surface area contributed by atoms with Crippen molar-refractivity contribution in [1.29, 1.82) is 0 Å². The molecule has 10 heteroatoms. The molecule has 2 aliphatic carbocycles. The fraction of sp³-hybridized carbons (Fsp3) is 0.500. The molecule has 3 rings (SSSR count). The van der Waals surface area contributed by atoms with Crippen molar-refractivity contribution < 1.29 is 32.6 Å². The predicted molar refractivity (Wildman–Crippen MR) is 129 cm³/mol. The third kappa shape index (κ3) is 5.18. The standard InChI is InChI=1S/C26H32F3N3O4/c1-24(35,26(27,28)29)18-6-4-17(5-7-18)22(33)32(20-8-9-20)21-10-13-25(14-11-21,23(34)36-3)19(12-15-30)16-31-2/h4-7,12,15-16,20-21,35H,2,8-11,13-14,30H2,1,3H3/b15-12-,19-16+/t21?,24-,25?/m0/s1. The highest BCUT2D eigenvalue weighted by Gasteiger charge is 2.51. The van der Waals surface area contributed by atoms with Crippen molar-refractivity contribution in [1.82, 2.24) is 4.90 Å². The lowest BCUT2D eigenvalue weighted by molar-refractivity contribution is -0.258. The minimum Gasteiger partial charge on any atom is -0.468 e. The third-order valence-electron chi connectivity index (χ3n) is 7.26. The lowest BCUT2D eigenvalue weighted by atomic mass is 9.67. The number of halogens is 3. The van der Waals surface area contributed by atoms with Crippen LogP contribution in [0.3, 0.4) is 0 Å². The molecule has 2 saturated carbocycles. The highest BCUT2D eigenvalue weighted by Crippen LogP contribution is 2.47. The normalized spacial score (nSPS) is 24.7. The number of methoxy groups -OCH3 is 1. The van der Waals surface area contributed by atoms with Crippen LogP contribution < -0.4 is 5.73 Å². The number of benzene rings is 1. The maximum Gasteiger partial charge on any atom is 0.421 e. The van der Waals surface area contributed by atoms with Gasteiger partial charge in [0.15, 0.2) is 5.60 Å². The van der Waals surface area contributed by atoms with E-state index < -0.39 is 23.2 Å². The molecule has 0 spiro atoms. The molecule has 7 nitrogen and oxygen atoms in total. The third-order valence-corrected chi connectivity index (χ3v) is 7.26. The average Bonchev–Trinajstić information content (AvgIpc) is 3.68. The van der Waals surface area contributed by atoms with Gasteiger partial charge in [0.2, 0.25) is 0 Å². The van der Waals surface area contributed by atoms with Crippen molar-refractivity contribution in [2.24, 2.45) is 16.1 Å². The Kier molecular flexibility index (Phi) is 7.97. The van der Waals surface area contributed by atoms with E-state index in [4.69, 9.17) is 10.5 Å². The molecule has 2 aliphatic rings. The Bertz CT molecular complexity index is 1040. The van der Waals surface area contributed by atoms with E-state index in [1.807, 2.05) is 0 Å². The monoisotopic (exact) mass is 507 g/mol. The van der Waals surface area contributed by atoms with Gasteiger partial charge < -0.3 is 20.5 Å². The van der Waals surface area contributed by atoms with Crippen molar-refractivity contribution in [3.8, 4) is 0 Å². The molecule has 1 atom stereocenters. The van der Waals surface area contributed by atoms with Crippen LogP contribution in [0.25, 0.3) is 0 Å². The highest BCUT2D eigenvalue weighted by atomic mass is 19.4. The first kappa shape index (κ1) is 27.4. The summed E-state index contributed by atoms with van der Waals surface area (Å²) in [4.78, 5) is 31.9. The first-order valence-electron chi connectivity index (χ1n) is 11.8. The molecular weight excluding hydrogens is 475 g/mol. The lowest BCUT2D eigenvalue weighted by Gasteiger charge is -2.42. The van der Waals surface area contributed by atoms with Gasteiger partial charge in [0.25, 0.3) is 5.91 Å². The van der Waals surface area contributed by atoms with E-state index in [0.29, 0.717) is 38.2 Å². The van der Waals surface area contributed by atoms with Crippen molar-refractivity contribution in [2.45, 2.75) is 69.3 Å². The fourth-order valence-electron chi connectivity index (χ4n) is 4.94. The summed E-state index contributed by atoms with van der Waals surface area (Å²) in [6.45, 7) is 4.16. The molecule has 0 unspecified atom stereocenters. The Morgan fingerprint density at radius 2 is 1.72 bits per heavy atom. The average molecular weight is 508 g/mol. The summed E-state index contributed by atoms with van der Waals surface area (Å²) < 4.78 is 44.6. The van der Waals surface area contributed by atoms with Crippen LogP contribution in [0.2, 0.25) is 0 Å². The van der Waals surface area contributed by atoms with E-state index in [-0.39, 0.29) is 29.1 Å². The van der Waals surface area contributed by atoms with Gasteiger partial charge >= 0.3 is 12.1 Å². The molecule has 0 heterocycles. The van der Waals surface area contributed by atoms with Gasteiger partial charge in [0, 0.05) is 23.8 Å². The van der Waals surface area contributed by atoms with E-state index in [0.717, 1.165) is 25.0 Å². The molecule has 3 N–H and O–H groups in total. The molecule has 1 amide bonds. The maximum atomic E-state index is 13.5. The van der Waals surface area contributed by atoms with E-state index in [9.17, 15) is 27.9 Å². The quantitative estimate of drug-likeness (QED) is 0.311. The van der Waals surface area contributed by atoms with Gasteiger partial charge in [0.1, 0.15) is 0 Å². The SMILES string of the molecule is C=N/C=C(\C=C/N)C1(C(=O)OC)CCC(N(C(=O)c2ccc([C@](C)(O)C(F)(F)F)cc2)C2CC2)CC1. The van der Waals surface area contributed by atoms with Crippen LogP contribution in [0.15, 0.2) is 53.3 Å².